The monoisotopic (exact) mass is 870 g/mol. The van der Waals surface area contributed by atoms with Crippen molar-refractivity contribution in [2.24, 2.45) is 0 Å². The molecule has 12 nitrogen and oxygen atoms in total. The quantitative estimate of drug-likeness (QED) is 0.0727. The summed E-state index contributed by atoms with van der Waals surface area (Å²) in [6.45, 7) is 8.91. The third-order valence-electron chi connectivity index (χ3n) is 10.8. The zero-order valence-electron chi connectivity index (χ0n) is 33.8. The van der Waals surface area contributed by atoms with Crippen LogP contribution < -0.4 is 26.4 Å². The van der Waals surface area contributed by atoms with Gasteiger partial charge in [0.1, 0.15) is 35.0 Å². The SMILES string of the molecule is CCNc1cc2oc3cc(=[NH+]CC)c(C)cc-3c(-c3c(Cl)c(C(=O)NCc4ccc(-c5c6ccc(=O)cc-6oc6cc(O)ccc56)c(C(=O)O)c4)cc(Cl)c3C(=O)O)c2cc1C. The summed E-state index contributed by atoms with van der Waals surface area (Å²) in [4.78, 5) is 55.7. The Kier molecular flexibility index (Phi) is 11.0. The maximum absolute atomic E-state index is 14.2. The molecule has 4 aromatic rings. The van der Waals surface area contributed by atoms with Gasteiger partial charge in [-0.2, -0.15) is 0 Å². The van der Waals surface area contributed by atoms with E-state index in [1.165, 1.54) is 36.4 Å². The number of carbonyl (C=O) groups is 3. The van der Waals surface area contributed by atoms with E-state index in [1.807, 2.05) is 52.0 Å². The topological polar surface area (TPSA) is 193 Å². The summed E-state index contributed by atoms with van der Waals surface area (Å²) < 4.78 is 12.4. The van der Waals surface area contributed by atoms with Gasteiger partial charge in [0.05, 0.1) is 32.8 Å². The summed E-state index contributed by atoms with van der Waals surface area (Å²) in [6.07, 6.45) is 0. The molecule has 0 spiro atoms. The van der Waals surface area contributed by atoms with Crippen molar-refractivity contribution >= 4 is 68.7 Å². The Bertz CT molecular complexity index is 3260. The normalized spacial score (nSPS) is 11.8. The van der Waals surface area contributed by atoms with Gasteiger partial charge in [-0.05, 0) is 92.9 Å². The lowest BCUT2D eigenvalue weighted by atomic mass is 9.88. The maximum Gasteiger partial charge on any atom is 0.337 e. The van der Waals surface area contributed by atoms with Gasteiger partial charge in [-0.15, -0.1) is 0 Å². The van der Waals surface area contributed by atoms with Crippen LogP contribution in [0.1, 0.15) is 61.6 Å². The summed E-state index contributed by atoms with van der Waals surface area (Å²) in [5.41, 5.74) is 5.04. The smallest absolute Gasteiger partial charge is 0.337 e. The number of hydrogen-bond acceptors (Lipinski definition) is 8. The highest BCUT2D eigenvalue weighted by Gasteiger charge is 2.31. The van der Waals surface area contributed by atoms with Crippen LogP contribution in [0.2, 0.25) is 10.0 Å². The van der Waals surface area contributed by atoms with E-state index in [0.717, 1.165) is 22.2 Å². The van der Waals surface area contributed by atoms with Crippen LogP contribution in [0.5, 0.6) is 5.75 Å². The standard InChI is InChI=1S/C48H37Cl2N3O9/c1-5-51-35-19-39-31(13-22(35)3)42(32-14-23(4)36(52-6-2)20-40(32)62-39)44-43(48(59)60)34(49)18-33(45(44)50)46(56)53-21-24-7-10-27(30(15-24)47(57)58)41-28-11-8-25(54)16-37(28)61-38-17-26(55)9-12-29(38)41/h7-20,51,54H,5-6,21H2,1-4H3,(H,53,56)(H,57,58)(H,59,60)/p+1. The molecule has 0 saturated heterocycles. The largest absolute Gasteiger partial charge is 0.508 e. The predicted octanol–water partition coefficient (Wildman–Crippen LogP) is 8.47. The number of phenolic OH excluding ortho intramolecular Hbond substituents is 1. The van der Waals surface area contributed by atoms with Gasteiger partial charge < -0.3 is 34.8 Å². The Morgan fingerprint density at radius 1 is 0.710 bits per heavy atom. The first-order valence-corrected chi connectivity index (χ1v) is 20.4. The van der Waals surface area contributed by atoms with E-state index >= 15 is 0 Å². The second kappa shape index (κ2) is 16.4. The summed E-state index contributed by atoms with van der Waals surface area (Å²) in [6, 6.07) is 22.0. The number of aryl methyl sites for hydroxylation is 2. The molecule has 0 unspecified atom stereocenters. The van der Waals surface area contributed by atoms with E-state index < -0.39 is 17.8 Å². The summed E-state index contributed by atoms with van der Waals surface area (Å²) >= 11 is 14.0. The van der Waals surface area contributed by atoms with Crippen molar-refractivity contribution in [3.8, 4) is 50.7 Å². The minimum atomic E-state index is -1.36. The Hall–Kier alpha value is -7.15. The molecule has 6 N–H and O–H groups in total. The first-order valence-electron chi connectivity index (χ1n) is 19.6. The number of benzene rings is 6. The second-order valence-electron chi connectivity index (χ2n) is 14.8. The van der Waals surface area contributed by atoms with E-state index in [1.54, 1.807) is 24.3 Å². The number of aromatic carboxylic acids is 2. The molecule has 0 aromatic heterocycles. The Balaban J connectivity index is 1.24. The summed E-state index contributed by atoms with van der Waals surface area (Å²) in [7, 11) is 0. The molecule has 0 radical (unpaired) electrons. The summed E-state index contributed by atoms with van der Waals surface area (Å²) in [5, 5.41) is 38.9. The molecular formula is C48H38Cl2N3O9+. The lowest BCUT2D eigenvalue weighted by molar-refractivity contribution is -0.496. The highest BCUT2D eigenvalue weighted by Crippen LogP contribution is 2.48. The van der Waals surface area contributed by atoms with Gasteiger partial charge in [-0.25, -0.2) is 14.6 Å². The van der Waals surface area contributed by atoms with E-state index in [2.05, 4.69) is 15.6 Å². The van der Waals surface area contributed by atoms with Gasteiger partial charge in [0, 0.05) is 81.1 Å². The minimum absolute atomic E-state index is 0.0257. The van der Waals surface area contributed by atoms with E-state index in [0.29, 0.717) is 68.6 Å². The molecule has 0 saturated carbocycles. The van der Waals surface area contributed by atoms with Gasteiger partial charge in [0.25, 0.3) is 5.91 Å². The minimum Gasteiger partial charge on any atom is -0.508 e. The van der Waals surface area contributed by atoms with Crippen molar-refractivity contribution in [3.63, 3.8) is 0 Å². The Labute approximate surface area is 363 Å². The maximum atomic E-state index is 14.2. The highest BCUT2D eigenvalue weighted by atomic mass is 35.5. The molecule has 0 fully saturated rings. The van der Waals surface area contributed by atoms with Crippen molar-refractivity contribution in [1.82, 2.24) is 5.32 Å². The fraction of sp³-hybridized carbons (Fsp3) is 0.146. The number of carboxylic acids is 2. The zero-order valence-corrected chi connectivity index (χ0v) is 35.3. The highest BCUT2D eigenvalue weighted by molar-refractivity contribution is 6.41. The molecule has 4 aliphatic rings. The number of hydrogen-bond donors (Lipinski definition) is 6. The number of amides is 1. The van der Waals surface area contributed by atoms with Crippen LogP contribution in [0.25, 0.3) is 66.8 Å². The molecule has 4 aromatic carbocycles. The van der Waals surface area contributed by atoms with Crippen LogP contribution in [-0.4, -0.2) is 46.3 Å². The number of carbonyl (C=O) groups excluding carboxylic acids is 1. The van der Waals surface area contributed by atoms with Crippen molar-refractivity contribution in [1.29, 1.82) is 0 Å². The molecule has 2 heterocycles. The number of carboxylic acid groups (broad SMARTS) is 2. The first-order chi connectivity index (χ1) is 29.7. The predicted molar refractivity (Wildman–Crippen MR) is 238 cm³/mol. The number of anilines is 1. The number of rotatable bonds is 10. The van der Waals surface area contributed by atoms with Crippen LogP contribution in [0.4, 0.5) is 5.69 Å². The van der Waals surface area contributed by atoms with Gasteiger partial charge in [0.15, 0.2) is 5.43 Å². The van der Waals surface area contributed by atoms with Crippen LogP contribution in [0.15, 0.2) is 98.6 Å². The third kappa shape index (κ3) is 7.37. The van der Waals surface area contributed by atoms with Gasteiger partial charge in [-0.3, -0.25) is 9.59 Å². The molecule has 1 amide bonds. The molecule has 8 rings (SSSR count). The fourth-order valence-corrected chi connectivity index (χ4v) is 8.60. The van der Waals surface area contributed by atoms with Crippen molar-refractivity contribution in [2.45, 2.75) is 34.2 Å². The number of phenols is 1. The second-order valence-corrected chi connectivity index (χ2v) is 15.6. The Morgan fingerprint density at radius 2 is 1.44 bits per heavy atom. The summed E-state index contributed by atoms with van der Waals surface area (Å²) in [5.74, 6) is -2.75. The molecule has 0 atom stereocenters. The molecule has 0 bridgehead atoms. The number of halogens is 2. The van der Waals surface area contributed by atoms with Gasteiger partial charge in [0.2, 0.25) is 5.36 Å². The van der Waals surface area contributed by atoms with Crippen LogP contribution >= 0.6 is 23.2 Å². The number of nitrogens with one attached hydrogen (secondary N) is 3. The number of aromatic hydroxyl groups is 1. The molecule has 2 aliphatic carbocycles. The number of fused-ring (bicyclic) bond motifs is 4. The van der Waals surface area contributed by atoms with Gasteiger partial charge >= 0.3 is 11.9 Å². The molecule has 62 heavy (non-hydrogen) atoms. The van der Waals surface area contributed by atoms with E-state index in [-0.39, 0.29) is 61.4 Å². The average molecular weight is 872 g/mol. The van der Waals surface area contributed by atoms with E-state index in [4.69, 9.17) is 32.0 Å². The molecule has 14 heteroatoms. The Morgan fingerprint density at radius 3 is 2.15 bits per heavy atom. The molecular weight excluding hydrogens is 833 g/mol. The molecule has 2 aliphatic heterocycles. The van der Waals surface area contributed by atoms with E-state index in [9.17, 15) is 34.5 Å². The zero-order chi connectivity index (χ0) is 44.1. The average Bonchev–Trinajstić information content (AvgIpc) is 3.22. The first kappa shape index (κ1) is 41.6. The van der Waals surface area contributed by atoms with Crippen molar-refractivity contribution < 1.29 is 43.5 Å². The third-order valence-corrected chi connectivity index (χ3v) is 11.5. The van der Waals surface area contributed by atoms with Crippen molar-refractivity contribution in [2.75, 3.05) is 18.4 Å². The lowest BCUT2D eigenvalue weighted by Gasteiger charge is -2.21. The van der Waals surface area contributed by atoms with Crippen LogP contribution in [0, 0.1) is 13.8 Å². The van der Waals surface area contributed by atoms with Crippen LogP contribution in [-0.2, 0) is 6.54 Å². The lowest BCUT2D eigenvalue weighted by Crippen LogP contribution is -2.76. The fourth-order valence-electron chi connectivity index (χ4n) is 7.99. The molecule has 312 valence electrons. The van der Waals surface area contributed by atoms with Gasteiger partial charge in [-0.1, -0.05) is 35.3 Å². The van der Waals surface area contributed by atoms with Crippen molar-refractivity contribution in [3.05, 3.63) is 144 Å². The van der Waals surface area contributed by atoms with Crippen LogP contribution in [0.3, 0.4) is 0 Å².